The Hall–Kier alpha value is -1.92. The van der Waals surface area contributed by atoms with Crippen molar-refractivity contribution in [1.29, 1.82) is 0 Å². The monoisotopic (exact) mass is 385 g/mol. The van der Waals surface area contributed by atoms with Crippen molar-refractivity contribution in [2.45, 2.75) is 51.0 Å². The Balaban J connectivity index is 1.45. The molecule has 1 saturated carbocycles. The van der Waals surface area contributed by atoms with Crippen LogP contribution in [0.1, 0.15) is 54.9 Å². The lowest BCUT2D eigenvalue weighted by atomic mass is 9.79. The summed E-state index contributed by atoms with van der Waals surface area (Å²) < 4.78 is 5.54. The van der Waals surface area contributed by atoms with E-state index in [9.17, 15) is 9.59 Å². The molecule has 1 aromatic carbocycles. The number of rotatable bonds is 4. The number of ether oxygens (including phenoxy) is 1. The van der Waals surface area contributed by atoms with Gasteiger partial charge in [0.05, 0.1) is 13.2 Å². The predicted octanol–water partition coefficient (Wildman–Crippen LogP) is 2.36. The fourth-order valence-corrected chi connectivity index (χ4v) is 5.07. The molecule has 0 spiro atoms. The first-order valence-electron chi connectivity index (χ1n) is 10.6. The van der Waals surface area contributed by atoms with Gasteiger partial charge in [0.1, 0.15) is 0 Å². The van der Waals surface area contributed by atoms with Gasteiger partial charge in [-0.25, -0.2) is 0 Å². The van der Waals surface area contributed by atoms with Gasteiger partial charge in [-0.05, 0) is 43.0 Å². The summed E-state index contributed by atoms with van der Waals surface area (Å²) in [5.41, 5.74) is 2.79. The standard InChI is InChI=1S/C22H31N3O3/c1-17(26)25-10-7-18-15-19(5-6-20(18)25)21(27)23-16-22(8-3-2-4-9-22)24-11-13-28-14-12-24/h5-6,15H,2-4,7-14,16H2,1H3,(H,23,27). The molecule has 3 aliphatic rings. The second-order valence-electron chi connectivity index (χ2n) is 8.33. The molecule has 0 atom stereocenters. The molecule has 1 aromatic rings. The van der Waals surface area contributed by atoms with Gasteiger partial charge in [-0.15, -0.1) is 0 Å². The average Bonchev–Trinajstić information content (AvgIpc) is 3.17. The molecule has 28 heavy (non-hydrogen) atoms. The van der Waals surface area contributed by atoms with Crippen molar-refractivity contribution >= 4 is 17.5 Å². The summed E-state index contributed by atoms with van der Waals surface area (Å²) in [6, 6.07) is 5.71. The van der Waals surface area contributed by atoms with Gasteiger partial charge in [-0.3, -0.25) is 14.5 Å². The van der Waals surface area contributed by atoms with Crippen LogP contribution in [0.5, 0.6) is 0 Å². The number of amides is 2. The third-order valence-corrected chi connectivity index (χ3v) is 6.66. The maximum absolute atomic E-state index is 12.9. The average molecular weight is 386 g/mol. The van der Waals surface area contributed by atoms with Gasteiger partial charge in [0.25, 0.3) is 5.91 Å². The third kappa shape index (κ3) is 3.80. The molecule has 0 bridgehead atoms. The highest BCUT2D eigenvalue weighted by Gasteiger charge is 2.39. The van der Waals surface area contributed by atoms with Gasteiger partial charge in [0, 0.05) is 49.9 Å². The number of carbonyl (C=O) groups excluding carboxylic acids is 2. The Labute approximate surface area is 167 Å². The molecule has 0 unspecified atom stereocenters. The molecule has 4 rings (SSSR count). The Kier molecular flexibility index (Phi) is 5.69. The van der Waals surface area contributed by atoms with E-state index in [1.807, 2.05) is 18.2 Å². The molecule has 6 heteroatoms. The Morgan fingerprint density at radius 2 is 1.86 bits per heavy atom. The van der Waals surface area contributed by atoms with E-state index in [0.717, 1.165) is 56.8 Å². The highest BCUT2D eigenvalue weighted by molar-refractivity contribution is 5.97. The smallest absolute Gasteiger partial charge is 0.251 e. The van der Waals surface area contributed by atoms with E-state index in [1.54, 1.807) is 11.8 Å². The summed E-state index contributed by atoms with van der Waals surface area (Å²) in [5, 5.41) is 3.23. The second-order valence-corrected chi connectivity index (χ2v) is 8.33. The molecule has 0 radical (unpaired) electrons. The number of hydrogen-bond acceptors (Lipinski definition) is 4. The molecule has 2 aliphatic heterocycles. The number of hydrogen-bond donors (Lipinski definition) is 1. The van der Waals surface area contributed by atoms with Crippen molar-refractivity contribution in [3.05, 3.63) is 29.3 Å². The van der Waals surface area contributed by atoms with Crippen LogP contribution in [0.2, 0.25) is 0 Å². The number of morpholine rings is 1. The Bertz CT molecular complexity index is 737. The summed E-state index contributed by atoms with van der Waals surface area (Å²) in [5.74, 6) is 0.0444. The lowest BCUT2D eigenvalue weighted by molar-refractivity contribution is -0.116. The molecule has 1 saturated heterocycles. The highest BCUT2D eigenvalue weighted by Crippen LogP contribution is 2.34. The van der Waals surface area contributed by atoms with Crippen LogP contribution in [-0.2, 0) is 16.0 Å². The first-order chi connectivity index (χ1) is 13.6. The quantitative estimate of drug-likeness (QED) is 0.864. The van der Waals surface area contributed by atoms with Crippen molar-refractivity contribution in [3.8, 4) is 0 Å². The van der Waals surface area contributed by atoms with Gasteiger partial charge >= 0.3 is 0 Å². The number of anilines is 1. The van der Waals surface area contributed by atoms with Crippen molar-refractivity contribution in [3.63, 3.8) is 0 Å². The van der Waals surface area contributed by atoms with E-state index in [1.165, 1.54) is 19.3 Å². The van der Waals surface area contributed by atoms with Crippen LogP contribution in [0, 0.1) is 0 Å². The third-order valence-electron chi connectivity index (χ3n) is 6.66. The SMILES string of the molecule is CC(=O)N1CCc2cc(C(=O)NCC3(N4CCOCC4)CCCCC3)ccc21. The minimum Gasteiger partial charge on any atom is -0.379 e. The number of nitrogens with zero attached hydrogens (tertiary/aromatic N) is 2. The number of carbonyl (C=O) groups is 2. The van der Waals surface area contributed by atoms with E-state index in [-0.39, 0.29) is 17.4 Å². The Morgan fingerprint density at radius 3 is 2.57 bits per heavy atom. The Morgan fingerprint density at radius 1 is 1.11 bits per heavy atom. The summed E-state index contributed by atoms with van der Waals surface area (Å²) in [6.45, 7) is 6.47. The number of benzene rings is 1. The topological polar surface area (TPSA) is 61.9 Å². The summed E-state index contributed by atoms with van der Waals surface area (Å²) in [4.78, 5) is 28.9. The first-order valence-corrected chi connectivity index (χ1v) is 10.6. The summed E-state index contributed by atoms with van der Waals surface area (Å²) in [6.07, 6.45) is 6.85. The van der Waals surface area contributed by atoms with Crippen molar-refractivity contribution in [2.24, 2.45) is 0 Å². The number of nitrogens with one attached hydrogen (secondary N) is 1. The van der Waals surface area contributed by atoms with E-state index in [4.69, 9.17) is 4.74 Å². The van der Waals surface area contributed by atoms with Gasteiger partial charge in [-0.1, -0.05) is 19.3 Å². The van der Waals surface area contributed by atoms with Gasteiger partial charge in [0.2, 0.25) is 5.91 Å². The van der Waals surface area contributed by atoms with Gasteiger partial charge in [0.15, 0.2) is 0 Å². The van der Waals surface area contributed by atoms with E-state index >= 15 is 0 Å². The van der Waals surface area contributed by atoms with Crippen LogP contribution in [-0.4, -0.2) is 61.6 Å². The fourth-order valence-electron chi connectivity index (χ4n) is 5.07. The van der Waals surface area contributed by atoms with Crippen LogP contribution in [0.15, 0.2) is 18.2 Å². The zero-order valence-electron chi connectivity index (χ0n) is 16.8. The molecular formula is C22H31N3O3. The van der Waals surface area contributed by atoms with Crippen molar-refractivity contribution in [2.75, 3.05) is 44.3 Å². The van der Waals surface area contributed by atoms with Crippen LogP contribution in [0.25, 0.3) is 0 Å². The van der Waals surface area contributed by atoms with Gasteiger partial charge < -0.3 is 15.0 Å². The van der Waals surface area contributed by atoms with Crippen molar-refractivity contribution in [1.82, 2.24) is 10.2 Å². The molecule has 1 aliphatic carbocycles. The molecule has 152 valence electrons. The minimum absolute atomic E-state index is 0.0118. The fraction of sp³-hybridized carbons (Fsp3) is 0.636. The van der Waals surface area contributed by atoms with Crippen LogP contribution in [0.4, 0.5) is 5.69 Å². The van der Waals surface area contributed by atoms with E-state index in [2.05, 4.69) is 10.2 Å². The number of fused-ring (bicyclic) bond motifs is 1. The molecular weight excluding hydrogens is 354 g/mol. The molecule has 2 fully saturated rings. The summed E-state index contributed by atoms with van der Waals surface area (Å²) >= 11 is 0. The maximum Gasteiger partial charge on any atom is 0.251 e. The molecule has 2 amide bonds. The van der Waals surface area contributed by atoms with E-state index in [0.29, 0.717) is 18.7 Å². The highest BCUT2D eigenvalue weighted by atomic mass is 16.5. The lowest BCUT2D eigenvalue weighted by Gasteiger charge is -2.48. The molecule has 6 nitrogen and oxygen atoms in total. The molecule has 2 heterocycles. The largest absolute Gasteiger partial charge is 0.379 e. The maximum atomic E-state index is 12.9. The second kappa shape index (κ2) is 8.21. The zero-order chi connectivity index (χ0) is 19.6. The van der Waals surface area contributed by atoms with Gasteiger partial charge in [-0.2, -0.15) is 0 Å². The lowest BCUT2D eigenvalue weighted by Crippen LogP contribution is -2.59. The zero-order valence-corrected chi connectivity index (χ0v) is 16.8. The summed E-state index contributed by atoms with van der Waals surface area (Å²) in [7, 11) is 0. The normalized spacial score (nSPS) is 22.0. The predicted molar refractivity (Wildman–Crippen MR) is 109 cm³/mol. The molecule has 0 aromatic heterocycles. The van der Waals surface area contributed by atoms with Crippen molar-refractivity contribution < 1.29 is 14.3 Å². The minimum atomic E-state index is -0.0118. The van der Waals surface area contributed by atoms with Crippen LogP contribution in [0.3, 0.4) is 0 Å². The van der Waals surface area contributed by atoms with Crippen LogP contribution >= 0.6 is 0 Å². The van der Waals surface area contributed by atoms with Crippen LogP contribution < -0.4 is 10.2 Å². The first kappa shape index (κ1) is 19.4. The molecule has 1 N–H and O–H groups in total. The van der Waals surface area contributed by atoms with E-state index < -0.39 is 0 Å².